The molecule has 2 aromatic carbocycles. The number of ether oxygens (including phenoxy) is 1. The first-order valence-electron chi connectivity index (χ1n) is 9.20. The number of nitro benzene ring substituents is 1. The van der Waals surface area contributed by atoms with Crippen LogP contribution in [0.25, 0.3) is 0 Å². The van der Waals surface area contributed by atoms with Crippen LogP contribution < -0.4 is 4.74 Å². The lowest BCUT2D eigenvalue weighted by atomic mass is 10.0. The summed E-state index contributed by atoms with van der Waals surface area (Å²) in [5, 5.41) is 11.1. The molecule has 0 aliphatic heterocycles. The van der Waals surface area contributed by atoms with Gasteiger partial charge in [0.1, 0.15) is 0 Å². The third-order valence-corrected chi connectivity index (χ3v) is 4.72. The number of benzene rings is 2. The van der Waals surface area contributed by atoms with Crippen molar-refractivity contribution < 1.29 is 14.5 Å². The molecule has 6 heteroatoms. The fourth-order valence-corrected chi connectivity index (χ4v) is 2.96. The molecule has 0 spiro atoms. The van der Waals surface area contributed by atoms with Gasteiger partial charge in [0.25, 0.3) is 5.91 Å². The average Bonchev–Trinajstić information content (AvgIpc) is 3.49. The molecule has 0 atom stereocenters. The van der Waals surface area contributed by atoms with Gasteiger partial charge in [-0.3, -0.25) is 14.9 Å². The molecule has 0 saturated heterocycles. The van der Waals surface area contributed by atoms with Gasteiger partial charge >= 0.3 is 5.69 Å². The Morgan fingerprint density at radius 3 is 2.44 bits per heavy atom. The van der Waals surface area contributed by atoms with Gasteiger partial charge in [-0.2, -0.15) is 0 Å². The van der Waals surface area contributed by atoms with Crippen LogP contribution in [0.1, 0.15) is 43.7 Å². The summed E-state index contributed by atoms with van der Waals surface area (Å²) in [6, 6.07) is 14.6. The first kappa shape index (κ1) is 18.9. The molecule has 3 rings (SSSR count). The van der Waals surface area contributed by atoms with Crippen molar-refractivity contribution >= 4 is 11.6 Å². The summed E-state index contributed by atoms with van der Waals surface area (Å²) in [6.45, 7) is 4.62. The van der Waals surface area contributed by atoms with Crippen molar-refractivity contribution in [2.24, 2.45) is 0 Å². The quantitative estimate of drug-likeness (QED) is 0.515. The molecule has 6 nitrogen and oxygen atoms in total. The van der Waals surface area contributed by atoms with E-state index in [4.69, 9.17) is 4.74 Å². The number of carbonyl (C=O) groups is 1. The fourth-order valence-electron chi connectivity index (χ4n) is 2.96. The third kappa shape index (κ3) is 4.84. The zero-order valence-electron chi connectivity index (χ0n) is 15.6. The fraction of sp³-hybridized carbons (Fsp3) is 0.381. The number of nitrogens with zero attached hydrogens (tertiary/aromatic N) is 2. The zero-order chi connectivity index (χ0) is 19.4. The van der Waals surface area contributed by atoms with Crippen molar-refractivity contribution in [3.8, 4) is 5.75 Å². The molecule has 27 heavy (non-hydrogen) atoms. The highest BCUT2D eigenvalue weighted by atomic mass is 16.6. The smallest absolute Gasteiger partial charge is 0.310 e. The minimum absolute atomic E-state index is 0.118. The summed E-state index contributed by atoms with van der Waals surface area (Å²) in [5.41, 5.74) is 2.21. The van der Waals surface area contributed by atoms with E-state index in [-0.39, 0.29) is 30.0 Å². The highest BCUT2D eigenvalue weighted by molar-refractivity contribution is 5.78. The van der Waals surface area contributed by atoms with Gasteiger partial charge in [0.2, 0.25) is 0 Å². The van der Waals surface area contributed by atoms with Crippen LogP contribution in [0.15, 0.2) is 48.5 Å². The predicted octanol–water partition coefficient (Wildman–Crippen LogP) is 4.29. The highest BCUT2D eigenvalue weighted by Gasteiger charge is 2.33. The Bertz CT molecular complexity index is 813. The molecular weight excluding hydrogens is 344 g/mol. The molecule has 0 heterocycles. The van der Waals surface area contributed by atoms with Crippen LogP contribution in [0.2, 0.25) is 0 Å². The second-order valence-corrected chi connectivity index (χ2v) is 7.16. The monoisotopic (exact) mass is 368 g/mol. The molecule has 1 amide bonds. The Hall–Kier alpha value is -2.89. The van der Waals surface area contributed by atoms with Crippen LogP contribution in [0, 0.1) is 10.1 Å². The lowest BCUT2D eigenvalue weighted by Crippen LogP contribution is -2.36. The molecule has 0 radical (unpaired) electrons. The second-order valence-electron chi connectivity index (χ2n) is 7.16. The van der Waals surface area contributed by atoms with Crippen molar-refractivity contribution in [1.82, 2.24) is 4.90 Å². The molecule has 1 fully saturated rings. The van der Waals surface area contributed by atoms with Crippen LogP contribution in [0.5, 0.6) is 5.75 Å². The van der Waals surface area contributed by atoms with Gasteiger partial charge in [0.15, 0.2) is 12.4 Å². The third-order valence-electron chi connectivity index (χ3n) is 4.72. The molecular formula is C21H24N2O4. The Balaban J connectivity index is 1.65. The molecule has 1 saturated carbocycles. The number of rotatable bonds is 8. The lowest BCUT2D eigenvalue weighted by molar-refractivity contribution is -0.385. The number of hydrogen-bond acceptors (Lipinski definition) is 4. The summed E-state index contributed by atoms with van der Waals surface area (Å²) in [4.78, 5) is 25.1. The predicted molar refractivity (Wildman–Crippen MR) is 103 cm³/mol. The van der Waals surface area contributed by atoms with Gasteiger partial charge in [0.05, 0.1) is 4.92 Å². The molecule has 1 aliphatic rings. The first-order valence-corrected chi connectivity index (χ1v) is 9.20. The average molecular weight is 368 g/mol. The van der Waals surface area contributed by atoms with Gasteiger partial charge < -0.3 is 9.64 Å². The van der Waals surface area contributed by atoms with Crippen molar-refractivity contribution in [2.45, 2.75) is 45.2 Å². The number of amides is 1. The van der Waals surface area contributed by atoms with E-state index in [0.29, 0.717) is 12.5 Å². The SMILES string of the molecule is CC(C)c1ccc(CN(C(=O)COc2ccccc2[N+](=O)[O-])C2CC2)cc1. The van der Waals surface area contributed by atoms with Crippen LogP contribution in [0.3, 0.4) is 0 Å². The standard InChI is InChI=1S/C21H24N2O4/c1-15(2)17-9-7-16(8-10-17)13-22(18-11-12-18)21(24)14-27-20-6-4-3-5-19(20)23(25)26/h3-10,15,18H,11-14H2,1-2H3. The molecule has 1 aliphatic carbocycles. The maximum absolute atomic E-state index is 12.7. The van der Waals surface area contributed by atoms with Crippen LogP contribution in [-0.4, -0.2) is 28.4 Å². The zero-order valence-corrected chi connectivity index (χ0v) is 15.6. The van der Waals surface area contributed by atoms with E-state index in [9.17, 15) is 14.9 Å². The van der Waals surface area contributed by atoms with E-state index in [1.54, 1.807) is 12.1 Å². The van der Waals surface area contributed by atoms with E-state index < -0.39 is 4.92 Å². The van der Waals surface area contributed by atoms with Crippen LogP contribution in [0.4, 0.5) is 5.69 Å². The topological polar surface area (TPSA) is 72.7 Å². The lowest BCUT2D eigenvalue weighted by Gasteiger charge is -2.23. The van der Waals surface area contributed by atoms with Crippen molar-refractivity contribution in [2.75, 3.05) is 6.61 Å². The highest BCUT2D eigenvalue weighted by Crippen LogP contribution is 2.30. The van der Waals surface area contributed by atoms with Crippen molar-refractivity contribution in [3.63, 3.8) is 0 Å². The Morgan fingerprint density at radius 1 is 1.19 bits per heavy atom. The Kier molecular flexibility index (Phi) is 5.74. The van der Waals surface area contributed by atoms with E-state index in [1.807, 2.05) is 4.90 Å². The van der Waals surface area contributed by atoms with E-state index in [1.165, 1.54) is 17.7 Å². The minimum Gasteiger partial charge on any atom is -0.477 e. The minimum atomic E-state index is -0.505. The van der Waals surface area contributed by atoms with Crippen LogP contribution in [-0.2, 0) is 11.3 Å². The summed E-state index contributed by atoms with van der Waals surface area (Å²) in [5.74, 6) is 0.437. The van der Waals surface area contributed by atoms with E-state index in [0.717, 1.165) is 18.4 Å². The number of para-hydroxylation sites is 2. The van der Waals surface area contributed by atoms with Crippen molar-refractivity contribution in [3.05, 3.63) is 69.8 Å². The summed E-state index contributed by atoms with van der Waals surface area (Å²) >= 11 is 0. The summed E-state index contributed by atoms with van der Waals surface area (Å²) in [6.07, 6.45) is 1.97. The van der Waals surface area contributed by atoms with Gasteiger partial charge in [0, 0.05) is 18.7 Å². The Labute approximate surface area is 158 Å². The van der Waals surface area contributed by atoms with E-state index >= 15 is 0 Å². The molecule has 0 unspecified atom stereocenters. The molecule has 0 aromatic heterocycles. The van der Waals surface area contributed by atoms with E-state index in [2.05, 4.69) is 38.1 Å². The maximum atomic E-state index is 12.7. The number of carbonyl (C=O) groups excluding carboxylic acids is 1. The maximum Gasteiger partial charge on any atom is 0.310 e. The summed E-state index contributed by atoms with van der Waals surface area (Å²) < 4.78 is 5.47. The molecule has 0 bridgehead atoms. The summed E-state index contributed by atoms with van der Waals surface area (Å²) in [7, 11) is 0. The van der Waals surface area contributed by atoms with Gasteiger partial charge in [-0.25, -0.2) is 0 Å². The normalized spacial score (nSPS) is 13.4. The molecule has 142 valence electrons. The Morgan fingerprint density at radius 2 is 1.85 bits per heavy atom. The largest absolute Gasteiger partial charge is 0.477 e. The van der Waals surface area contributed by atoms with Gasteiger partial charge in [-0.15, -0.1) is 0 Å². The van der Waals surface area contributed by atoms with Crippen molar-refractivity contribution in [1.29, 1.82) is 0 Å². The second kappa shape index (κ2) is 8.20. The molecule has 2 aromatic rings. The van der Waals surface area contributed by atoms with Gasteiger partial charge in [-0.1, -0.05) is 50.2 Å². The molecule has 0 N–H and O–H groups in total. The first-order chi connectivity index (χ1) is 13.0. The van der Waals surface area contributed by atoms with Gasteiger partial charge in [-0.05, 0) is 36.0 Å². The van der Waals surface area contributed by atoms with Crippen LogP contribution >= 0.6 is 0 Å². The number of hydrogen-bond donors (Lipinski definition) is 0. The number of nitro groups is 1.